The van der Waals surface area contributed by atoms with E-state index in [-0.39, 0.29) is 16.9 Å². The molecular formula is C18H25N3O4. The molecule has 3 rings (SSSR count). The van der Waals surface area contributed by atoms with Crippen LogP contribution in [0.4, 0.5) is 16.2 Å². The zero-order valence-electron chi connectivity index (χ0n) is 15.2. The fourth-order valence-corrected chi connectivity index (χ4v) is 3.04. The molecule has 7 nitrogen and oxygen atoms in total. The van der Waals surface area contributed by atoms with E-state index in [9.17, 15) is 9.59 Å². The molecule has 2 fully saturated rings. The molecule has 2 aliphatic heterocycles. The number of ether oxygens (including phenoxy) is 2. The van der Waals surface area contributed by atoms with Crippen molar-refractivity contribution in [3.63, 3.8) is 0 Å². The van der Waals surface area contributed by atoms with Crippen LogP contribution in [-0.2, 0) is 9.47 Å². The molecule has 0 atom stereocenters. The van der Waals surface area contributed by atoms with Gasteiger partial charge in [-0.05, 0) is 26.8 Å². The van der Waals surface area contributed by atoms with Gasteiger partial charge in [-0.2, -0.15) is 0 Å². The van der Waals surface area contributed by atoms with Crippen LogP contribution in [0.3, 0.4) is 0 Å². The van der Waals surface area contributed by atoms with Crippen molar-refractivity contribution in [2.75, 3.05) is 36.5 Å². The Morgan fingerprint density at radius 1 is 1.36 bits per heavy atom. The molecule has 0 bridgehead atoms. The van der Waals surface area contributed by atoms with E-state index in [1.165, 1.54) is 0 Å². The third-order valence-corrected chi connectivity index (χ3v) is 4.33. The molecule has 0 aliphatic carbocycles. The first-order valence-corrected chi connectivity index (χ1v) is 8.57. The molecule has 0 unspecified atom stereocenters. The van der Waals surface area contributed by atoms with E-state index in [0.29, 0.717) is 12.1 Å². The van der Waals surface area contributed by atoms with Crippen molar-refractivity contribution < 1.29 is 19.1 Å². The third-order valence-electron chi connectivity index (χ3n) is 4.33. The van der Waals surface area contributed by atoms with E-state index in [2.05, 4.69) is 15.2 Å². The summed E-state index contributed by atoms with van der Waals surface area (Å²) in [5.41, 5.74) is 1.20. The second-order valence-electron chi connectivity index (χ2n) is 7.84. The largest absolute Gasteiger partial charge is 0.444 e. The number of ketones is 1. The second-order valence-corrected chi connectivity index (χ2v) is 7.84. The van der Waals surface area contributed by atoms with E-state index >= 15 is 0 Å². The van der Waals surface area contributed by atoms with Gasteiger partial charge >= 0.3 is 6.09 Å². The minimum atomic E-state index is -0.613. The molecule has 1 N–H and O–H groups in total. The Morgan fingerprint density at radius 2 is 2.04 bits per heavy atom. The summed E-state index contributed by atoms with van der Waals surface area (Å²) in [6.45, 7) is 10.5. The molecule has 25 heavy (non-hydrogen) atoms. The summed E-state index contributed by atoms with van der Waals surface area (Å²) in [4.78, 5) is 30.7. The lowest BCUT2D eigenvalue weighted by Gasteiger charge is -2.55. The van der Waals surface area contributed by atoms with Crippen LogP contribution in [0.1, 0.15) is 44.6 Å². The molecule has 1 spiro atoms. The highest BCUT2D eigenvalue weighted by Crippen LogP contribution is 2.40. The number of aromatic nitrogens is 1. The van der Waals surface area contributed by atoms with Gasteiger partial charge in [0.05, 0.1) is 36.2 Å². The number of anilines is 2. The number of hydrogen-bond acceptors (Lipinski definition) is 6. The van der Waals surface area contributed by atoms with Gasteiger partial charge in [-0.25, -0.2) is 9.78 Å². The number of carbonyl (C=O) groups is 2. The number of nitrogens with zero attached hydrogens (tertiary/aromatic N) is 2. The first kappa shape index (κ1) is 17.7. The maximum Gasteiger partial charge on any atom is 0.412 e. The molecule has 3 heterocycles. The Morgan fingerprint density at radius 3 is 2.56 bits per heavy atom. The van der Waals surface area contributed by atoms with Gasteiger partial charge < -0.3 is 14.4 Å². The number of rotatable bonds is 4. The molecular weight excluding hydrogens is 322 g/mol. The van der Waals surface area contributed by atoms with Crippen molar-refractivity contribution in [2.45, 2.75) is 39.7 Å². The lowest BCUT2D eigenvalue weighted by atomic mass is 9.78. The summed E-state index contributed by atoms with van der Waals surface area (Å²) in [6.07, 6.45) is 1.42. The maximum absolute atomic E-state index is 12.1. The highest BCUT2D eigenvalue weighted by molar-refractivity contribution is 6.02. The minimum absolute atomic E-state index is 0.120. The van der Waals surface area contributed by atoms with Gasteiger partial charge in [0.2, 0.25) is 0 Å². The Labute approximate surface area is 147 Å². The predicted octanol–water partition coefficient (Wildman–Crippen LogP) is 2.86. The van der Waals surface area contributed by atoms with E-state index < -0.39 is 11.7 Å². The van der Waals surface area contributed by atoms with Crippen LogP contribution in [0.5, 0.6) is 0 Å². The van der Waals surface area contributed by atoms with Crippen LogP contribution in [0, 0.1) is 5.41 Å². The summed E-state index contributed by atoms with van der Waals surface area (Å²) in [5, 5.41) is 2.68. The quantitative estimate of drug-likeness (QED) is 0.844. The molecule has 1 aromatic rings. The average molecular weight is 347 g/mol. The van der Waals surface area contributed by atoms with Crippen molar-refractivity contribution in [2.24, 2.45) is 5.41 Å². The highest BCUT2D eigenvalue weighted by Gasteiger charge is 2.49. The lowest BCUT2D eigenvalue weighted by molar-refractivity contribution is -0.127. The number of pyridine rings is 1. The Kier molecular flexibility index (Phi) is 4.45. The van der Waals surface area contributed by atoms with Crippen LogP contribution < -0.4 is 10.2 Å². The molecule has 7 heteroatoms. The monoisotopic (exact) mass is 347 g/mol. The summed E-state index contributed by atoms with van der Waals surface area (Å²) in [7, 11) is 0. The molecule has 2 aliphatic rings. The van der Waals surface area contributed by atoms with Gasteiger partial charge in [0, 0.05) is 19.5 Å². The second kappa shape index (κ2) is 6.29. The van der Waals surface area contributed by atoms with E-state index in [0.717, 1.165) is 32.0 Å². The van der Waals surface area contributed by atoms with Gasteiger partial charge in [0.15, 0.2) is 5.78 Å². The fraction of sp³-hybridized carbons (Fsp3) is 0.611. The number of nitrogens with one attached hydrogen (secondary N) is 1. The van der Waals surface area contributed by atoms with Gasteiger partial charge in [-0.1, -0.05) is 6.92 Å². The zero-order valence-corrected chi connectivity index (χ0v) is 15.2. The molecule has 136 valence electrons. The number of Topliss-reactive ketones (excluding diaryl/α,β-unsaturated/α-hetero) is 1. The van der Waals surface area contributed by atoms with Gasteiger partial charge in [-0.15, -0.1) is 0 Å². The highest BCUT2D eigenvalue weighted by atomic mass is 16.6. The van der Waals surface area contributed by atoms with Gasteiger partial charge in [-0.3, -0.25) is 10.1 Å². The summed E-state index contributed by atoms with van der Waals surface area (Å²) < 4.78 is 10.6. The standard InChI is InChI=1S/C18H25N3O4/c1-5-14(22)15-13(20-16(23)25-17(2,3)4)6-12(7-19-15)21-8-18(9-21)10-24-11-18/h6-7H,5,8-11H2,1-4H3,(H,20,23). The van der Waals surface area contributed by atoms with Crippen molar-refractivity contribution in [1.82, 2.24) is 4.98 Å². The smallest absolute Gasteiger partial charge is 0.412 e. The zero-order chi connectivity index (χ0) is 18.2. The molecule has 1 aromatic heterocycles. The minimum Gasteiger partial charge on any atom is -0.444 e. The van der Waals surface area contributed by atoms with E-state index in [1.54, 1.807) is 40.0 Å². The summed E-state index contributed by atoms with van der Waals surface area (Å²) in [6, 6.07) is 1.80. The number of carbonyl (C=O) groups excluding carboxylic acids is 2. The molecule has 2 saturated heterocycles. The first-order chi connectivity index (χ1) is 11.7. The molecule has 1 amide bonds. The van der Waals surface area contributed by atoms with Crippen molar-refractivity contribution in [3.8, 4) is 0 Å². The van der Waals surface area contributed by atoms with Crippen LogP contribution in [0.15, 0.2) is 12.3 Å². The van der Waals surface area contributed by atoms with Gasteiger partial charge in [0.25, 0.3) is 0 Å². The number of hydrogen-bond donors (Lipinski definition) is 1. The summed E-state index contributed by atoms with van der Waals surface area (Å²) >= 11 is 0. The van der Waals surface area contributed by atoms with Gasteiger partial charge in [0.1, 0.15) is 11.3 Å². The fourth-order valence-electron chi connectivity index (χ4n) is 3.04. The topological polar surface area (TPSA) is 80.8 Å². The van der Waals surface area contributed by atoms with Crippen molar-refractivity contribution in [3.05, 3.63) is 18.0 Å². The lowest BCUT2D eigenvalue weighted by Crippen LogP contribution is -2.66. The van der Waals surface area contributed by atoms with E-state index in [4.69, 9.17) is 9.47 Å². The molecule has 0 saturated carbocycles. The van der Waals surface area contributed by atoms with Crippen LogP contribution >= 0.6 is 0 Å². The normalized spacial score (nSPS) is 18.3. The van der Waals surface area contributed by atoms with Crippen LogP contribution in [-0.4, -0.2) is 48.8 Å². The third kappa shape index (κ3) is 3.76. The van der Waals surface area contributed by atoms with E-state index in [1.807, 2.05) is 0 Å². The van der Waals surface area contributed by atoms with Crippen LogP contribution in [0.2, 0.25) is 0 Å². The first-order valence-electron chi connectivity index (χ1n) is 8.57. The molecule has 0 aromatic carbocycles. The Balaban J connectivity index is 1.78. The SMILES string of the molecule is CCC(=O)c1ncc(N2CC3(COC3)C2)cc1NC(=O)OC(C)(C)C. The van der Waals surface area contributed by atoms with Crippen molar-refractivity contribution in [1.29, 1.82) is 0 Å². The average Bonchev–Trinajstić information content (AvgIpc) is 2.41. The number of amides is 1. The Bertz CT molecular complexity index is 684. The maximum atomic E-state index is 12.1. The van der Waals surface area contributed by atoms with Crippen LogP contribution in [0.25, 0.3) is 0 Å². The molecule has 0 radical (unpaired) electrons. The summed E-state index contributed by atoms with van der Waals surface area (Å²) in [5.74, 6) is -0.120. The van der Waals surface area contributed by atoms with Crippen molar-refractivity contribution >= 4 is 23.3 Å². The predicted molar refractivity (Wildman–Crippen MR) is 94.2 cm³/mol. The Hall–Kier alpha value is -2.15.